The van der Waals surface area contributed by atoms with E-state index < -0.39 is 5.97 Å². The Hall–Kier alpha value is -3.19. The van der Waals surface area contributed by atoms with Crippen molar-refractivity contribution in [3.8, 4) is 11.3 Å². The van der Waals surface area contributed by atoms with Gasteiger partial charge in [-0.3, -0.25) is 4.90 Å². The summed E-state index contributed by atoms with van der Waals surface area (Å²) < 4.78 is 5.93. The van der Waals surface area contributed by atoms with Crippen molar-refractivity contribution in [1.29, 1.82) is 0 Å². The molecule has 0 saturated carbocycles. The molecule has 1 aromatic carbocycles. The number of furan rings is 1. The van der Waals surface area contributed by atoms with Crippen LogP contribution < -0.4 is 5.73 Å². The number of rotatable bonds is 5. The number of hydrogen-bond donors (Lipinski definition) is 2. The Labute approximate surface area is 156 Å². The molecule has 3 N–H and O–H groups in total. The summed E-state index contributed by atoms with van der Waals surface area (Å²) in [5.74, 6) is 1.06. The molecule has 0 bridgehead atoms. The van der Waals surface area contributed by atoms with Gasteiger partial charge in [-0.25, -0.2) is 14.8 Å². The second kappa shape index (κ2) is 7.20. The number of carboxylic acid groups (broad SMARTS) is 1. The molecule has 0 amide bonds. The molecule has 0 unspecified atom stereocenters. The number of carbonyl (C=O) groups is 1. The highest BCUT2D eigenvalue weighted by molar-refractivity contribution is 5.95. The van der Waals surface area contributed by atoms with Crippen molar-refractivity contribution < 1.29 is 14.3 Å². The number of benzene rings is 1. The van der Waals surface area contributed by atoms with Gasteiger partial charge in [-0.2, -0.15) is 0 Å². The van der Waals surface area contributed by atoms with Gasteiger partial charge >= 0.3 is 5.97 Å². The molecule has 7 nitrogen and oxygen atoms in total. The summed E-state index contributed by atoms with van der Waals surface area (Å²) in [6, 6.07) is 12.5. The van der Waals surface area contributed by atoms with E-state index in [1.54, 1.807) is 24.4 Å². The normalized spacial score (nSPS) is 17.3. The summed E-state index contributed by atoms with van der Waals surface area (Å²) in [6.45, 7) is 2.49. The lowest BCUT2D eigenvalue weighted by Gasteiger charge is -2.14. The Kier molecular flexibility index (Phi) is 4.60. The molecule has 1 aliphatic heterocycles. The van der Waals surface area contributed by atoms with E-state index in [1.165, 1.54) is 0 Å². The van der Waals surface area contributed by atoms with Crippen molar-refractivity contribution in [1.82, 2.24) is 14.9 Å². The third-order valence-corrected chi connectivity index (χ3v) is 4.85. The van der Waals surface area contributed by atoms with Gasteiger partial charge in [-0.05, 0) is 37.2 Å². The van der Waals surface area contributed by atoms with E-state index in [4.69, 9.17) is 10.2 Å². The van der Waals surface area contributed by atoms with Gasteiger partial charge in [0.25, 0.3) is 0 Å². The summed E-state index contributed by atoms with van der Waals surface area (Å²) in [7, 11) is 0. The summed E-state index contributed by atoms with van der Waals surface area (Å²) in [6.07, 6.45) is 2.70. The molecule has 0 spiro atoms. The van der Waals surface area contributed by atoms with E-state index in [9.17, 15) is 9.90 Å². The fraction of sp³-hybridized carbons (Fsp3) is 0.250. The molecule has 1 fully saturated rings. The predicted molar refractivity (Wildman–Crippen MR) is 100 cm³/mol. The molecule has 4 rings (SSSR count). The highest BCUT2D eigenvalue weighted by Crippen LogP contribution is 2.29. The maximum Gasteiger partial charge on any atom is 0.336 e. The molecule has 27 heavy (non-hydrogen) atoms. The number of nitrogens with two attached hydrogens (primary N) is 1. The summed E-state index contributed by atoms with van der Waals surface area (Å²) in [4.78, 5) is 22.0. The van der Waals surface area contributed by atoms with Crippen LogP contribution in [0.3, 0.4) is 0 Å². The van der Waals surface area contributed by atoms with Crippen LogP contribution in [0.15, 0.2) is 53.1 Å². The fourth-order valence-electron chi connectivity index (χ4n) is 3.55. The highest BCUT2D eigenvalue weighted by atomic mass is 16.4. The lowest BCUT2D eigenvalue weighted by molar-refractivity contribution is 0.0697. The van der Waals surface area contributed by atoms with Crippen molar-refractivity contribution in [3.63, 3.8) is 0 Å². The average Bonchev–Trinajstić information content (AvgIpc) is 3.32. The monoisotopic (exact) mass is 364 g/mol. The second-order valence-electron chi connectivity index (χ2n) is 6.68. The van der Waals surface area contributed by atoms with E-state index >= 15 is 0 Å². The standard InChI is InChI=1S/C20H20N4O3/c21-20-22-9-7-17(23-20)13-8-10-24(11-13)12-14-5-6-18(27-14)15-3-1-2-4-16(15)19(25)26/h1-7,9,13H,8,10-12H2,(H,25,26)(H2,21,22,23)/t13-/m1/s1. The van der Waals surface area contributed by atoms with Gasteiger partial charge in [0.1, 0.15) is 11.5 Å². The summed E-state index contributed by atoms with van der Waals surface area (Å²) in [5, 5.41) is 9.35. The van der Waals surface area contributed by atoms with Crippen LogP contribution in [0.1, 0.15) is 34.2 Å². The van der Waals surface area contributed by atoms with Crippen LogP contribution in [0.2, 0.25) is 0 Å². The largest absolute Gasteiger partial charge is 0.478 e. The first kappa shape index (κ1) is 17.2. The molecular formula is C20H20N4O3. The Morgan fingerprint density at radius 1 is 1.26 bits per heavy atom. The zero-order valence-electron chi connectivity index (χ0n) is 14.7. The maximum absolute atomic E-state index is 11.4. The SMILES string of the molecule is Nc1nccc([C@@H]2CCN(Cc3ccc(-c4ccccc4C(=O)O)o3)C2)n1. The number of hydrogen-bond acceptors (Lipinski definition) is 6. The molecular weight excluding hydrogens is 344 g/mol. The molecule has 3 aromatic rings. The van der Waals surface area contributed by atoms with Crippen molar-refractivity contribution in [2.45, 2.75) is 18.9 Å². The van der Waals surface area contributed by atoms with Crippen LogP contribution in [0.4, 0.5) is 5.95 Å². The van der Waals surface area contributed by atoms with Gasteiger partial charge in [0, 0.05) is 24.2 Å². The summed E-state index contributed by atoms with van der Waals surface area (Å²) in [5.41, 5.74) is 7.48. The van der Waals surface area contributed by atoms with Crippen molar-refractivity contribution >= 4 is 11.9 Å². The van der Waals surface area contributed by atoms with E-state index in [2.05, 4.69) is 14.9 Å². The van der Waals surface area contributed by atoms with Crippen molar-refractivity contribution in [3.05, 3.63) is 65.7 Å². The fourth-order valence-corrected chi connectivity index (χ4v) is 3.55. The first-order valence-corrected chi connectivity index (χ1v) is 8.82. The zero-order chi connectivity index (χ0) is 18.8. The highest BCUT2D eigenvalue weighted by Gasteiger charge is 2.26. The van der Waals surface area contributed by atoms with Gasteiger partial charge in [0.15, 0.2) is 0 Å². The number of nitrogens with zero attached hydrogens (tertiary/aromatic N) is 3. The number of anilines is 1. The molecule has 1 saturated heterocycles. The molecule has 0 aliphatic carbocycles. The number of aromatic carboxylic acids is 1. The summed E-state index contributed by atoms with van der Waals surface area (Å²) >= 11 is 0. The minimum Gasteiger partial charge on any atom is -0.478 e. The first-order chi connectivity index (χ1) is 13.1. The Balaban J connectivity index is 1.46. The third kappa shape index (κ3) is 3.68. The van der Waals surface area contributed by atoms with Gasteiger partial charge in [-0.15, -0.1) is 0 Å². The van der Waals surface area contributed by atoms with Crippen molar-refractivity contribution in [2.24, 2.45) is 0 Å². The van der Waals surface area contributed by atoms with Crippen LogP contribution in [-0.4, -0.2) is 39.0 Å². The molecule has 1 atom stereocenters. The maximum atomic E-state index is 11.4. The van der Waals surface area contributed by atoms with Gasteiger partial charge < -0.3 is 15.3 Å². The van der Waals surface area contributed by atoms with Crippen LogP contribution in [-0.2, 0) is 6.54 Å². The van der Waals surface area contributed by atoms with E-state index in [0.717, 1.165) is 31.0 Å². The van der Waals surface area contributed by atoms with Crippen LogP contribution >= 0.6 is 0 Å². The molecule has 138 valence electrons. The molecule has 1 aliphatic rings. The number of aromatic nitrogens is 2. The number of carboxylic acids is 1. The van der Waals surface area contributed by atoms with Gasteiger partial charge in [-0.1, -0.05) is 18.2 Å². The smallest absolute Gasteiger partial charge is 0.336 e. The van der Waals surface area contributed by atoms with E-state index in [-0.39, 0.29) is 5.56 Å². The minimum absolute atomic E-state index is 0.237. The lowest BCUT2D eigenvalue weighted by Crippen LogP contribution is -2.19. The first-order valence-electron chi connectivity index (χ1n) is 8.82. The quantitative estimate of drug-likeness (QED) is 0.717. The van der Waals surface area contributed by atoms with Crippen LogP contribution in [0, 0.1) is 0 Å². The van der Waals surface area contributed by atoms with Crippen LogP contribution in [0.5, 0.6) is 0 Å². The van der Waals surface area contributed by atoms with Crippen molar-refractivity contribution in [2.75, 3.05) is 18.8 Å². The zero-order valence-corrected chi connectivity index (χ0v) is 14.7. The second-order valence-corrected chi connectivity index (χ2v) is 6.68. The molecule has 2 aromatic heterocycles. The average molecular weight is 364 g/mol. The van der Waals surface area contributed by atoms with Gasteiger partial charge in [0.05, 0.1) is 17.8 Å². The van der Waals surface area contributed by atoms with Crippen LogP contribution in [0.25, 0.3) is 11.3 Å². The Morgan fingerprint density at radius 2 is 2.11 bits per heavy atom. The minimum atomic E-state index is -0.963. The van der Waals surface area contributed by atoms with Gasteiger partial charge in [0.2, 0.25) is 5.95 Å². The van der Waals surface area contributed by atoms with E-state index in [1.807, 2.05) is 24.3 Å². The third-order valence-electron chi connectivity index (χ3n) is 4.85. The number of likely N-dealkylation sites (tertiary alicyclic amines) is 1. The Morgan fingerprint density at radius 3 is 2.93 bits per heavy atom. The Bertz CT molecular complexity index is 969. The van der Waals surface area contributed by atoms with E-state index in [0.29, 0.717) is 29.7 Å². The lowest BCUT2D eigenvalue weighted by atomic mass is 10.1. The number of nitrogen functional groups attached to an aromatic ring is 1. The molecule has 7 heteroatoms. The molecule has 3 heterocycles. The molecule has 0 radical (unpaired) electrons. The predicted octanol–water partition coefficient (Wildman–Crippen LogP) is 3.01. The topological polar surface area (TPSA) is 105 Å².